The number of ether oxygens (including phenoxy) is 2. The smallest absolute Gasteiger partial charge is 0.404 e. The number of carbonyl (C=O) groups is 1. The first-order valence-corrected chi connectivity index (χ1v) is 4.67. The van der Waals surface area contributed by atoms with E-state index in [1.54, 1.807) is 13.2 Å². The van der Waals surface area contributed by atoms with Crippen molar-refractivity contribution in [3.05, 3.63) is 28.2 Å². The van der Waals surface area contributed by atoms with Crippen LogP contribution in [-0.2, 0) is 11.3 Å². The second-order valence-corrected chi connectivity index (χ2v) is 3.48. The number of amides is 1. The molecular weight excluding hydrogens is 250 g/mol. The second-order valence-electron chi connectivity index (χ2n) is 2.56. The lowest BCUT2D eigenvalue weighted by Crippen LogP contribution is -2.12. The van der Waals surface area contributed by atoms with E-state index >= 15 is 0 Å². The largest absolute Gasteiger partial charge is 0.496 e. The maximum atomic E-state index is 10.4. The first-order chi connectivity index (χ1) is 6.63. The van der Waals surface area contributed by atoms with Crippen LogP contribution in [0.5, 0.6) is 5.75 Å². The van der Waals surface area contributed by atoms with E-state index in [9.17, 15) is 4.79 Å². The number of methoxy groups -OCH3 is 1. The fourth-order valence-electron chi connectivity index (χ4n) is 1.01. The summed E-state index contributed by atoms with van der Waals surface area (Å²) in [6.45, 7) is 0.109. The summed E-state index contributed by atoms with van der Waals surface area (Å²) in [6.07, 6.45) is -0.799. The molecule has 0 bridgehead atoms. The van der Waals surface area contributed by atoms with Crippen LogP contribution in [0, 0.1) is 0 Å². The number of benzene rings is 1. The highest BCUT2D eigenvalue weighted by Gasteiger charge is 2.05. The Morgan fingerprint density at radius 2 is 2.29 bits per heavy atom. The molecule has 0 spiro atoms. The van der Waals surface area contributed by atoms with Gasteiger partial charge in [-0.25, -0.2) is 4.79 Å². The Morgan fingerprint density at radius 3 is 2.86 bits per heavy atom. The third kappa shape index (κ3) is 2.92. The van der Waals surface area contributed by atoms with E-state index in [2.05, 4.69) is 20.7 Å². The molecule has 4 nitrogen and oxygen atoms in total. The third-order valence-corrected chi connectivity index (χ3v) is 2.11. The molecule has 0 saturated heterocycles. The zero-order valence-corrected chi connectivity index (χ0v) is 9.21. The molecule has 0 unspecified atom stereocenters. The van der Waals surface area contributed by atoms with E-state index in [-0.39, 0.29) is 6.61 Å². The van der Waals surface area contributed by atoms with Crippen LogP contribution in [0.3, 0.4) is 0 Å². The van der Waals surface area contributed by atoms with Gasteiger partial charge in [-0.1, -0.05) is 15.9 Å². The van der Waals surface area contributed by atoms with Crippen LogP contribution in [0.4, 0.5) is 4.79 Å². The molecule has 0 heterocycles. The summed E-state index contributed by atoms with van der Waals surface area (Å²) in [5, 5.41) is 0. The van der Waals surface area contributed by atoms with Crippen molar-refractivity contribution in [1.82, 2.24) is 0 Å². The number of carbonyl (C=O) groups excluding carboxylic acids is 1. The summed E-state index contributed by atoms with van der Waals surface area (Å²) >= 11 is 3.31. The minimum Gasteiger partial charge on any atom is -0.496 e. The van der Waals surface area contributed by atoms with Crippen molar-refractivity contribution in [2.45, 2.75) is 6.61 Å². The number of nitrogens with two attached hydrogens (primary N) is 1. The lowest BCUT2D eigenvalue weighted by Gasteiger charge is -2.08. The minimum absolute atomic E-state index is 0.109. The van der Waals surface area contributed by atoms with Crippen LogP contribution in [0.1, 0.15) is 5.56 Å². The van der Waals surface area contributed by atoms with Crippen molar-refractivity contribution in [3.63, 3.8) is 0 Å². The van der Waals surface area contributed by atoms with Crippen molar-refractivity contribution in [2.75, 3.05) is 7.11 Å². The maximum Gasteiger partial charge on any atom is 0.404 e. The van der Waals surface area contributed by atoms with Crippen LogP contribution >= 0.6 is 15.9 Å². The molecule has 0 atom stereocenters. The number of primary amides is 1. The highest BCUT2D eigenvalue weighted by molar-refractivity contribution is 9.10. The van der Waals surface area contributed by atoms with Crippen molar-refractivity contribution in [1.29, 1.82) is 0 Å². The molecule has 0 aliphatic rings. The highest BCUT2D eigenvalue weighted by atomic mass is 79.9. The fraction of sp³-hybridized carbons (Fsp3) is 0.222. The van der Waals surface area contributed by atoms with Crippen LogP contribution < -0.4 is 10.5 Å². The summed E-state index contributed by atoms with van der Waals surface area (Å²) in [4.78, 5) is 10.4. The maximum absolute atomic E-state index is 10.4. The molecule has 1 rings (SSSR count). The Labute approximate surface area is 90.1 Å². The second kappa shape index (κ2) is 4.85. The zero-order valence-electron chi connectivity index (χ0n) is 7.62. The summed E-state index contributed by atoms with van der Waals surface area (Å²) in [6, 6.07) is 5.43. The van der Waals surface area contributed by atoms with Gasteiger partial charge in [0.1, 0.15) is 12.4 Å². The number of rotatable bonds is 3. The number of hydrogen-bond donors (Lipinski definition) is 1. The van der Waals surface area contributed by atoms with E-state index in [0.717, 1.165) is 10.0 Å². The molecule has 0 aliphatic carbocycles. The lowest BCUT2D eigenvalue weighted by molar-refractivity contribution is 0.149. The Balaban J connectivity index is 2.82. The van der Waals surface area contributed by atoms with Crippen LogP contribution in [-0.4, -0.2) is 13.2 Å². The average molecular weight is 260 g/mol. The topological polar surface area (TPSA) is 61.6 Å². The van der Waals surface area contributed by atoms with E-state index in [0.29, 0.717) is 5.75 Å². The quantitative estimate of drug-likeness (QED) is 0.904. The van der Waals surface area contributed by atoms with E-state index in [4.69, 9.17) is 10.5 Å². The molecule has 76 valence electrons. The fourth-order valence-corrected chi connectivity index (χ4v) is 1.42. The molecule has 1 aromatic rings. The van der Waals surface area contributed by atoms with Gasteiger partial charge in [0, 0.05) is 10.0 Å². The summed E-state index contributed by atoms with van der Waals surface area (Å²) in [5.74, 6) is 0.662. The number of hydrogen-bond acceptors (Lipinski definition) is 3. The van der Waals surface area contributed by atoms with Gasteiger partial charge >= 0.3 is 6.09 Å². The van der Waals surface area contributed by atoms with Crippen molar-refractivity contribution >= 4 is 22.0 Å². The lowest BCUT2D eigenvalue weighted by atomic mass is 10.2. The first kappa shape index (κ1) is 10.8. The minimum atomic E-state index is -0.799. The molecule has 0 saturated carbocycles. The predicted molar refractivity (Wildman–Crippen MR) is 55.1 cm³/mol. The molecule has 2 N–H and O–H groups in total. The van der Waals surface area contributed by atoms with Gasteiger partial charge in [0.15, 0.2) is 0 Å². The van der Waals surface area contributed by atoms with Crippen molar-refractivity contribution in [2.24, 2.45) is 5.73 Å². The van der Waals surface area contributed by atoms with E-state index < -0.39 is 6.09 Å². The average Bonchev–Trinajstić information content (AvgIpc) is 2.15. The van der Waals surface area contributed by atoms with E-state index in [1.807, 2.05) is 12.1 Å². The molecule has 0 aromatic heterocycles. The van der Waals surface area contributed by atoms with E-state index in [1.165, 1.54) is 0 Å². The molecule has 0 aliphatic heterocycles. The van der Waals surface area contributed by atoms with Crippen LogP contribution in [0.15, 0.2) is 22.7 Å². The van der Waals surface area contributed by atoms with Gasteiger partial charge in [-0.15, -0.1) is 0 Å². The first-order valence-electron chi connectivity index (χ1n) is 3.88. The molecule has 5 heteroatoms. The SMILES string of the molecule is COc1ccc(Br)cc1COC(N)=O. The Kier molecular flexibility index (Phi) is 3.76. The van der Waals surface area contributed by atoms with Crippen molar-refractivity contribution < 1.29 is 14.3 Å². The summed E-state index contributed by atoms with van der Waals surface area (Å²) in [5.41, 5.74) is 5.62. The molecule has 14 heavy (non-hydrogen) atoms. The zero-order chi connectivity index (χ0) is 10.6. The monoisotopic (exact) mass is 259 g/mol. The highest BCUT2D eigenvalue weighted by Crippen LogP contribution is 2.23. The Morgan fingerprint density at radius 1 is 1.57 bits per heavy atom. The van der Waals surface area contributed by atoms with Gasteiger partial charge in [-0.2, -0.15) is 0 Å². The van der Waals surface area contributed by atoms with Crippen LogP contribution in [0.2, 0.25) is 0 Å². The standard InChI is InChI=1S/C9H10BrNO3/c1-13-8-3-2-7(10)4-6(8)5-14-9(11)12/h2-4H,5H2,1H3,(H2,11,12). The van der Waals surface area contributed by atoms with Gasteiger partial charge < -0.3 is 15.2 Å². The molecule has 0 fully saturated rings. The van der Waals surface area contributed by atoms with Crippen LogP contribution in [0.25, 0.3) is 0 Å². The Hall–Kier alpha value is -1.23. The molecule has 1 aromatic carbocycles. The molecular formula is C9H10BrNO3. The van der Waals surface area contributed by atoms with Gasteiger partial charge in [0.2, 0.25) is 0 Å². The molecule has 1 amide bonds. The molecule has 0 radical (unpaired) electrons. The van der Waals surface area contributed by atoms with Gasteiger partial charge in [0.05, 0.1) is 7.11 Å². The van der Waals surface area contributed by atoms with Gasteiger partial charge in [0.25, 0.3) is 0 Å². The summed E-state index contributed by atoms with van der Waals surface area (Å²) in [7, 11) is 1.55. The normalized spacial score (nSPS) is 9.57. The third-order valence-electron chi connectivity index (χ3n) is 1.61. The summed E-state index contributed by atoms with van der Waals surface area (Å²) < 4.78 is 10.6. The number of halogens is 1. The Bertz CT molecular complexity index is 341. The van der Waals surface area contributed by atoms with Crippen molar-refractivity contribution in [3.8, 4) is 5.75 Å². The van der Waals surface area contributed by atoms with Gasteiger partial charge in [-0.3, -0.25) is 0 Å². The predicted octanol–water partition coefficient (Wildman–Crippen LogP) is 2.05. The van der Waals surface area contributed by atoms with Gasteiger partial charge in [-0.05, 0) is 18.2 Å².